The van der Waals surface area contributed by atoms with Crippen LogP contribution in [0.1, 0.15) is 97.1 Å². The summed E-state index contributed by atoms with van der Waals surface area (Å²) in [4.78, 5) is 0. The molecule has 0 radical (unpaired) electrons. The Bertz CT molecular complexity index is 915. The number of rotatable bonds is 2. The van der Waals surface area contributed by atoms with Gasteiger partial charge in [-0.05, 0) is 75.0 Å². The number of allylic oxidation sites excluding steroid dienone is 1. The summed E-state index contributed by atoms with van der Waals surface area (Å²) in [6.45, 7) is 23.2. The lowest BCUT2D eigenvalue weighted by Gasteiger charge is -2.27. The van der Waals surface area contributed by atoms with Crippen LogP contribution >= 0.6 is 0 Å². The second-order valence-corrected chi connectivity index (χ2v) is 12.4. The van der Waals surface area contributed by atoms with Crippen LogP contribution < -0.4 is 0 Å². The first-order chi connectivity index (χ1) is 13.1. The van der Waals surface area contributed by atoms with E-state index in [1.807, 2.05) is 0 Å². The summed E-state index contributed by atoms with van der Waals surface area (Å²) >= 11 is 0. The van der Waals surface area contributed by atoms with Gasteiger partial charge in [0.2, 0.25) is 0 Å². The number of hydrogen-bond donors (Lipinski definition) is 0. The molecule has 0 aromatic heterocycles. The first-order valence-electron chi connectivity index (χ1n) is 11.1. The lowest BCUT2D eigenvalue weighted by molar-refractivity contribution is 0.411. The Hall–Kier alpha value is -1.82. The monoisotopic (exact) mass is 388 g/mol. The van der Waals surface area contributed by atoms with Crippen molar-refractivity contribution < 1.29 is 0 Å². The zero-order valence-electron chi connectivity index (χ0n) is 20.4. The third-order valence-electron chi connectivity index (χ3n) is 5.91. The van der Waals surface area contributed by atoms with Crippen molar-refractivity contribution in [2.45, 2.75) is 92.9 Å². The van der Waals surface area contributed by atoms with Crippen LogP contribution in [-0.2, 0) is 23.7 Å². The topological polar surface area (TPSA) is 0 Å². The molecule has 0 saturated heterocycles. The Labute approximate surface area is 179 Å². The standard InChI is InChI=1S/C29H40/c1-19-11-21-13-20(18-27(2,3)4)14-26(25(21)12-19)22-15-23(28(5,6)7)17-24(16-22)29(8,9)10/h11,13-17H,12,18H2,1-10H3. The SMILES string of the molecule is CC1=Cc2cc(CC(C)(C)C)cc(-c3cc(C(C)(C)C)cc(C(C)(C)C)c3)c2C1. The van der Waals surface area contributed by atoms with Gasteiger partial charge in [0, 0.05) is 0 Å². The van der Waals surface area contributed by atoms with Crippen molar-refractivity contribution in [1.82, 2.24) is 0 Å². The van der Waals surface area contributed by atoms with Crippen molar-refractivity contribution in [2.24, 2.45) is 5.41 Å². The maximum absolute atomic E-state index is 2.48. The Kier molecular flexibility index (Phi) is 5.39. The Balaban J connectivity index is 2.25. The highest BCUT2D eigenvalue weighted by atomic mass is 14.3. The average molecular weight is 389 g/mol. The minimum atomic E-state index is 0.135. The molecule has 0 spiro atoms. The van der Waals surface area contributed by atoms with Crippen LogP contribution in [0, 0.1) is 5.41 Å². The van der Waals surface area contributed by atoms with Gasteiger partial charge in [-0.25, -0.2) is 0 Å². The molecular weight excluding hydrogens is 348 g/mol. The molecule has 0 heteroatoms. The van der Waals surface area contributed by atoms with Gasteiger partial charge in [-0.15, -0.1) is 0 Å². The van der Waals surface area contributed by atoms with Gasteiger partial charge in [0.1, 0.15) is 0 Å². The summed E-state index contributed by atoms with van der Waals surface area (Å²) in [5.41, 5.74) is 12.1. The van der Waals surface area contributed by atoms with E-state index in [-0.39, 0.29) is 16.2 Å². The summed E-state index contributed by atoms with van der Waals surface area (Å²) in [6.07, 6.45) is 4.57. The molecule has 0 aliphatic heterocycles. The van der Waals surface area contributed by atoms with Gasteiger partial charge >= 0.3 is 0 Å². The Morgan fingerprint density at radius 2 is 1.28 bits per heavy atom. The average Bonchev–Trinajstić information content (AvgIpc) is 2.90. The Morgan fingerprint density at radius 1 is 0.724 bits per heavy atom. The summed E-state index contributed by atoms with van der Waals surface area (Å²) in [5.74, 6) is 0. The fourth-order valence-corrected chi connectivity index (χ4v) is 4.30. The molecule has 2 aromatic rings. The van der Waals surface area contributed by atoms with Gasteiger partial charge in [-0.3, -0.25) is 0 Å². The summed E-state index contributed by atoms with van der Waals surface area (Å²) in [6, 6.07) is 12.2. The van der Waals surface area contributed by atoms with Crippen molar-refractivity contribution in [1.29, 1.82) is 0 Å². The predicted octanol–water partition coefficient (Wildman–Crippen LogP) is 8.50. The highest BCUT2D eigenvalue weighted by Crippen LogP contribution is 2.40. The number of fused-ring (bicyclic) bond motifs is 1. The van der Waals surface area contributed by atoms with E-state index in [1.54, 1.807) is 0 Å². The van der Waals surface area contributed by atoms with Gasteiger partial charge in [0.15, 0.2) is 0 Å². The number of benzene rings is 2. The van der Waals surface area contributed by atoms with Crippen molar-refractivity contribution in [3.05, 3.63) is 63.7 Å². The van der Waals surface area contributed by atoms with Gasteiger partial charge in [0.25, 0.3) is 0 Å². The highest BCUT2D eigenvalue weighted by Gasteiger charge is 2.24. The quantitative estimate of drug-likeness (QED) is 0.484. The largest absolute Gasteiger partial charge is 0.0683 e. The van der Waals surface area contributed by atoms with Crippen molar-refractivity contribution >= 4 is 6.08 Å². The van der Waals surface area contributed by atoms with Gasteiger partial charge in [-0.2, -0.15) is 0 Å². The van der Waals surface area contributed by atoms with Gasteiger partial charge in [0.05, 0.1) is 0 Å². The molecule has 0 saturated carbocycles. The molecule has 0 bridgehead atoms. The molecule has 3 rings (SSSR count). The van der Waals surface area contributed by atoms with Gasteiger partial charge in [-0.1, -0.05) is 104 Å². The van der Waals surface area contributed by atoms with Crippen LogP contribution in [-0.4, -0.2) is 0 Å². The minimum absolute atomic E-state index is 0.135. The third-order valence-corrected chi connectivity index (χ3v) is 5.91. The molecule has 1 aliphatic rings. The maximum atomic E-state index is 2.48. The second-order valence-electron chi connectivity index (χ2n) is 12.4. The van der Waals surface area contributed by atoms with E-state index in [0.717, 1.165) is 12.8 Å². The molecule has 0 fully saturated rings. The second kappa shape index (κ2) is 7.15. The molecule has 0 N–H and O–H groups in total. The minimum Gasteiger partial charge on any atom is -0.0683 e. The van der Waals surface area contributed by atoms with Gasteiger partial charge < -0.3 is 0 Å². The number of hydrogen-bond acceptors (Lipinski definition) is 0. The van der Waals surface area contributed by atoms with E-state index in [2.05, 4.69) is 106 Å². The highest BCUT2D eigenvalue weighted by molar-refractivity contribution is 5.79. The van der Waals surface area contributed by atoms with Crippen LogP contribution in [0.4, 0.5) is 0 Å². The third kappa shape index (κ3) is 5.03. The molecule has 0 nitrogen and oxygen atoms in total. The first kappa shape index (κ1) is 21.9. The zero-order valence-corrected chi connectivity index (χ0v) is 20.4. The van der Waals surface area contributed by atoms with E-state index in [9.17, 15) is 0 Å². The van der Waals surface area contributed by atoms with Crippen LogP contribution in [0.25, 0.3) is 17.2 Å². The summed E-state index contributed by atoms with van der Waals surface area (Å²) < 4.78 is 0. The molecule has 1 aliphatic carbocycles. The van der Waals surface area contributed by atoms with Crippen LogP contribution in [0.2, 0.25) is 0 Å². The molecule has 2 aromatic carbocycles. The lowest BCUT2D eigenvalue weighted by Crippen LogP contribution is -2.16. The van der Waals surface area contributed by atoms with E-state index < -0.39 is 0 Å². The van der Waals surface area contributed by atoms with Crippen LogP contribution in [0.5, 0.6) is 0 Å². The summed E-state index contributed by atoms with van der Waals surface area (Å²) in [5, 5.41) is 0. The zero-order chi connectivity index (χ0) is 21.8. The van der Waals surface area contributed by atoms with Crippen molar-refractivity contribution in [2.75, 3.05) is 0 Å². The maximum Gasteiger partial charge on any atom is -0.00544 e. The fraction of sp³-hybridized carbons (Fsp3) is 0.517. The van der Waals surface area contributed by atoms with E-state index >= 15 is 0 Å². The van der Waals surface area contributed by atoms with E-state index in [0.29, 0.717) is 0 Å². The smallest absolute Gasteiger partial charge is 0.00544 e. The van der Waals surface area contributed by atoms with Crippen molar-refractivity contribution in [3.63, 3.8) is 0 Å². The Morgan fingerprint density at radius 3 is 1.76 bits per heavy atom. The molecule has 0 amide bonds. The van der Waals surface area contributed by atoms with Crippen LogP contribution in [0.3, 0.4) is 0 Å². The predicted molar refractivity (Wildman–Crippen MR) is 130 cm³/mol. The fourth-order valence-electron chi connectivity index (χ4n) is 4.30. The van der Waals surface area contributed by atoms with E-state index in [1.165, 1.54) is 44.5 Å². The molecular formula is C29H40. The lowest BCUT2D eigenvalue weighted by atomic mass is 9.78. The molecule has 0 unspecified atom stereocenters. The molecule has 0 heterocycles. The molecule has 29 heavy (non-hydrogen) atoms. The van der Waals surface area contributed by atoms with E-state index in [4.69, 9.17) is 0 Å². The first-order valence-corrected chi connectivity index (χ1v) is 11.1. The molecule has 156 valence electrons. The summed E-state index contributed by atoms with van der Waals surface area (Å²) in [7, 11) is 0. The van der Waals surface area contributed by atoms with Crippen LogP contribution in [0.15, 0.2) is 35.9 Å². The normalized spacial score (nSPS) is 14.8. The van der Waals surface area contributed by atoms with Crippen molar-refractivity contribution in [3.8, 4) is 11.1 Å². The molecule has 0 atom stereocenters.